The standard InChI is InChI=1S/C12H15N3O/c1-9(16)10-4-5-15(8-10)12-3-2-11(6-13)14-7-12/h2-3,7,9-10,16H,4-5,8H2,1H3. The summed E-state index contributed by atoms with van der Waals surface area (Å²) in [7, 11) is 0. The topological polar surface area (TPSA) is 60.1 Å². The fourth-order valence-electron chi connectivity index (χ4n) is 2.05. The van der Waals surface area contributed by atoms with Crippen LogP contribution in [-0.2, 0) is 0 Å². The van der Waals surface area contributed by atoms with E-state index >= 15 is 0 Å². The third-order valence-corrected chi connectivity index (χ3v) is 3.13. The summed E-state index contributed by atoms with van der Waals surface area (Å²) in [6, 6.07) is 5.64. The van der Waals surface area contributed by atoms with Crippen molar-refractivity contribution in [2.45, 2.75) is 19.4 Å². The van der Waals surface area contributed by atoms with Gasteiger partial charge in [-0.15, -0.1) is 0 Å². The van der Waals surface area contributed by atoms with Gasteiger partial charge in [-0.2, -0.15) is 5.26 Å². The van der Waals surface area contributed by atoms with Crippen molar-refractivity contribution in [2.24, 2.45) is 5.92 Å². The Labute approximate surface area is 95.1 Å². The number of aliphatic hydroxyl groups excluding tert-OH is 1. The zero-order valence-corrected chi connectivity index (χ0v) is 9.30. The van der Waals surface area contributed by atoms with Gasteiger partial charge in [0.15, 0.2) is 0 Å². The van der Waals surface area contributed by atoms with Crippen LogP contribution in [0.4, 0.5) is 5.69 Å². The van der Waals surface area contributed by atoms with Crippen LogP contribution in [0.25, 0.3) is 0 Å². The number of anilines is 1. The molecule has 4 heteroatoms. The number of pyridine rings is 1. The Morgan fingerprint density at radius 1 is 1.62 bits per heavy atom. The first-order valence-electron chi connectivity index (χ1n) is 5.50. The van der Waals surface area contributed by atoms with Gasteiger partial charge in [0.25, 0.3) is 0 Å². The summed E-state index contributed by atoms with van der Waals surface area (Å²) in [6.07, 6.45) is 2.48. The van der Waals surface area contributed by atoms with Gasteiger partial charge in [0.2, 0.25) is 0 Å². The van der Waals surface area contributed by atoms with E-state index in [1.165, 1.54) is 0 Å². The van der Waals surface area contributed by atoms with Gasteiger partial charge in [-0.1, -0.05) is 0 Å². The van der Waals surface area contributed by atoms with E-state index in [4.69, 9.17) is 5.26 Å². The number of aliphatic hydroxyl groups is 1. The minimum atomic E-state index is -0.253. The van der Waals surface area contributed by atoms with E-state index in [-0.39, 0.29) is 6.10 Å². The SMILES string of the molecule is CC(O)C1CCN(c2ccc(C#N)nc2)C1. The lowest BCUT2D eigenvalue weighted by Crippen LogP contribution is -2.23. The number of nitrogens with zero attached hydrogens (tertiary/aromatic N) is 3. The Balaban J connectivity index is 2.06. The number of nitriles is 1. The van der Waals surface area contributed by atoms with Crippen molar-refractivity contribution >= 4 is 5.69 Å². The van der Waals surface area contributed by atoms with Crippen LogP contribution in [0, 0.1) is 17.2 Å². The highest BCUT2D eigenvalue weighted by molar-refractivity contribution is 5.46. The molecular weight excluding hydrogens is 202 g/mol. The lowest BCUT2D eigenvalue weighted by Gasteiger charge is -2.19. The van der Waals surface area contributed by atoms with Crippen LogP contribution >= 0.6 is 0 Å². The average molecular weight is 217 g/mol. The van der Waals surface area contributed by atoms with Crippen LogP contribution in [0.1, 0.15) is 19.0 Å². The Morgan fingerprint density at radius 3 is 2.94 bits per heavy atom. The summed E-state index contributed by atoms with van der Waals surface area (Å²) in [4.78, 5) is 6.25. The molecule has 1 saturated heterocycles. The molecule has 2 unspecified atom stereocenters. The predicted octanol–water partition coefficient (Wildman–Crippen LogP) is 1.16. The van der Waals surface area contributed by atoms with Crippen LogP contribution in [0.2, 0.25) is 0 Å². The third kappa shape index (κ3) is 2.15. The Hall–Kier alpha value is -1.60. The van der Waals surface area contributed by atoms with E-state index in [2.05, 4.69) is 9.88 Å². The molecule has 2 atom stereocenters. The Morgan fingerprint density at radius 2 is 2.44 bits per heavy atom. The van der Waals surface area contributed by atoms with Crippen LogP contribution < -0.4 is 4.90 Å². The van der Waals surface area contributed by atoms with E-state index in [1.807, 2.05) is 19.1 Å². The first-order valence-corrected chi connectivity index (χ1v) is 5.50. The normalized spacial score (nSPS) is 21.8. The maximum Gasteiger partial charge on any atom is 0.140 e. The molecule has 0 aromatic carbocycles. The van der Waals surface area contributed by atoms with Crippen molar-refractivity contribution in [3.8, 4) is 6.07 Å². The molecule has 1 fully saturated rings. The minimum absolute atomic E-state index is 0.253. The first-order chi connectivity index (χ1) is 7.70. The molecule has 0 saturated carbocycles. The summed E-state index contributed by atoms with van der Waals surface area (Å²) in [6.45, 7) is 3.65. The molecule has 16 heavy (non-hydrogen) atoms. The number of aromatic nitrogens is 1. The minimum Gasteiger partial charge on any atom is -0.393 e. The second-order valence-electron chi connectivity index (χ2n) is 4.25. The van der Waals surface area contributed by atoms with Gasteiger partial charge in [-0.25, -0.2) is 4.98 Å². The van der Waals surface area contributed by atoms with E-state index < -0.39 is 0 Å². The predicted molar refractivity (Wildman–Crippen MR) is 61.0 cm³/mol. The van der Waals surface area contributed by atoms with Gasteiger partial charge in [0.05, 0.1) is 18.0 Å². The highest BCUT2D eigenvalue weighted by Crippen LogP contribution is 2.25. The molecule has 0 spiro atoms. The van der Waals surface area contributed by atoms with Crippen molar-refractivity contribution in [3.63, 3.8) is 0 Å². The second kappa shape index (κ2) is 4.50. The highest BCUT2D eigenvalue weighted by atomic mass is 16.3. The molecule has 1 aromatic heterocycles. The molecule has 1 aromatic rings. The van der Waals surface area contributed by atoms with E-state index in [0.29, 0.717) is 11.6 Å². The molecule has 0 radical (unpaired) electrons. The zero-order chi connectivity index (χ0) is 11.5. The molecule has 2 rings (SSSR count). The summed E-state index contributed by atoms with van der Waals surface area (Å²) in [5, 5.41) is 18.2. The van der Waals surface area contributed by atoms with Crippen molar-refractivity contribution in [1.82, 2.24) is 4.98 Å². The fourth-order valence-corrected chi connectivity index (χ4v) is 2.05. The van der Waals surface area contributed by atoms with E-state index in [0.717, 1.165) is 25.2 Å². The molecule has 0 amide bonds. The molecule has 4 nitrogen and oxygen atoms in total. The smallest absolute Gasteiger partial charge is 0.140 e. The fraction of sp³-hybridized carbons (Fsp3) is 0.500. The molecule has 0 aliphatic carbocycles. The summed E-state index contributed by atoms with van der Waals surface area (Å²) >= 11 is 0. The van der Waals surface area contributed by atoms with Crippen molar-refractivity contribution < 1.29 is 5.11 Å². The van der Waals surface area contributed by atoms with Crippen molar-refractivity contribution in [3.05, 3.63) is 24.0 Å². The molecule has 1 aliphatic heterocycles. The van der Waals surface area contributed by atoms with Crippen LogP contribution in [-0.4, -0.2) is 29.3 Å². The quantitative estimate of drug-likeness (QED) is 0.807. The van der Waals surface area contributed by atoms with Crippen LogP contribution in [0.5, 0.6) is 0 Å². The first kappa shape index (κ1) is 10.9. The summed E-state index contributed by atoms with van der Waals surface area (Å²) in [5.74, 6) is 0.343. The number of rotatable bonds is 2. The molecule has 2 heterocycles. The van der Waals surface area contributed by atoms with Gasteiger partial charge < -0.3 is 10.0 Å². The van der Waals surface area contributed by atoms with Gasteiger partial charge >= 0.3 is 0 Å². The molecule has 1 N–H and O–H groups in total. The van der Waals surface area contributed by atoms with E-state index in [1.54, 1.807) is 12.3 Å². The lowest BCUT2D eigenvalue weighted by atomic mass is 10.0. The van der Waals surface area contributed by atoms with Crippen LogP contribution in [0.3, 0.4) is 0 Å². The zero-order valence-electron chi connectivity index (χ0n) is 9.30. The molecule has 0 bridgehead atoms. The number of hydrogen-bond acceptors (Lipinski definition) is 4. The number of hydrogen-bond donors (Lipinski definition) is 1. The largest absolute Gasteiger partial charge is 0.393 e. The maximum absolute atomic E-state index is 9.51. The van der Waals surface area contributed by atoms with Gasteiger partial charge in [-0.3, -0.25) is 0 Å². The summed E-state index contributed by atoms with van der Waals surface area (Å²) < 4.78 is 0. The third-order valence-electron chi connectivity index (χ3n) is 3.13. The highest BCUT2D eigenvalue weighted by Gasteiger charge is 2.26. The lowest BCUT2D eigenvalue weighted by molar-refractivity contribution is 0.136. The van der Waals surface area contributed by atoms with Crippen LogP contribution in [0.15, 0.2) is 18.3 Å². The molecule has 84 valence electrons. The molecule has 1 aliphatic rings. The summed E-state index contributed by atoms with van der Waals surface area (Å²) in [5.41, 5.74) is 1.47. The maximum atomic E-state index is 9.51. The van der Waals surface area contributed by atoms with E-state index in [9.17, 15) is 5.11 Å². The van der Waals surface area contributed by atoms with Gasteiger partial charge in [-0.05, 0) is 25.5 Å². The monoisotopic (exact) mass is 217 g/mol. The second-order valence-corrected chi connectivity index (χ2v) is 4.25. The average Bonchev–Trinajstić information content (AvgIpc) is 2.78. The van der Waals surface area contributed by atoms with Crippen molar-refractivity contribution in [1.29, 1.82) is 5.26 Å². The Bertz CT molecular complexity index is 394. The Kier molecular flexibility index (Phi) is 3.07. The van der Waals surface area contributed by atoms with Gasteiger partial charge in [0, 0.05) is 19.0 Å². The van der Waals surface area contributed by atoms with Crippen molar-refractivity contribution in [2.75, 3.05) is 18.0 Å². The molecular formula is C12H15N3O. The van der Waals surface area contributed by atoms with Gasteiger partial charge in [0.1, 0.15) is 11.8 Å².